The molecule has 21 heavy (non-hydrogen) atoms. The summed E-state index contributed by atoms with van der Waals surface area (Å²) < 4.78 is 5.62. The van der Waals surface area contributed by atoms with Crippen LogP contribution in [0.5, 0.6) is 5.75 Å². The number of rotatable bonds is 7. The van der Waals surface area contributed by atoms with Gasteiger partial charge in [0.25, 0.3) is 0 Å². The Kier molecular flexibility index (Phi) is 6.14. The molecule has 0 saturated heterocycles. The van der Waals surface area contributed by atoms with Gasteiger partial charge in [0.05, 0.1) is 24.8 Å². The molecule has 0 saturated carbocycles. The van der Waals surface area contributed by atoms with Crippen molar-refractivity contribution in [1.29, 1.82) is 5.26 Å². The highest BCUT2D eigenvalue weighted by Crippen LogP contribution is 2.15. The molecule has 0 amide bonds. The maximum atomic E-state index is 8.98. The molecule has 0 aromatic heterocycles. The normalized spacial score (nSPS) is 10.1. The Morgan fingerprint density at radius 1 is 1.10 bits per heavy atom. The van der Waals surface area contributed by atoms with Gasteiger partial charge in [-0.1, -0.05) is 30.3 Å². The highest BCUT2D eigenvalue weighted by molar-refractivity contribution is 7.98. The number of nitrogens with zero attached hydrogens (tertiary/aromatic N) is 1. The molecule has 0 atom stereocenters. The molecule has 0 heterocycles. The number of aliphatic hydroxyl groups is 1. The average Bonchev–Trinajstić information content (AvgIpc) is 2.55. The van der Waals surface area contributed by atoms with Crippen LogP contribution in [0.1, 0.15) is 16.7 Å². The van der Waals surface area contributed by atoms with E-state index in [1.165, 1.54) is 5.56 Å². The summed E-state index contributed by atoms with van der Waals surface area (Å²) in [7, 11) is 0. The van der Waals surface area contributed by atoms with Gasteiger partial charge in [-0.2, -0.15) is 17.0 Å². The van der Waals surface area contributed by atoms with E-state index in [1.54, 1.807) is 23.9 Å². The third-order valence-corrected chi connectivity index (χ3v) is 3.93. The van der Waals surface area contributed by atoms with Gasteiger partial charge in [-0.15, -0.1) is 0 Å². The molecule has 0 fully saturated rings. The largest absolute Gasteiger partial charge is 0.493 e. The molecule has 0 aliphatic carbocycles. The Morgan fingerprint density at radius 2 is 1.86 bits per heavy atom. The molecule has 4 heteroatoms. The van der Waals surface area contributed by atoms with E-state index in [9.17, 15) is 0 Å². The van der Waals surface area contributed by atoms with Gasteiger partial charge in [0.1, 0.15) is 5.75 Å². The molecule has 2 aromatic rings. The van der Waals surface area contributed by atoms with Crippen molar-refractivity contribution in [2.75, 3.05) is 12.4 Å². The second-order valence-corrected chi connectivity index (χ2v) is 5.62. The molecular weight excluding hydrogens is 282 g/mol. The second-order valence-electron chi connectivity index (χ2n) is 4.52. The fraction of sp³-hybridized carbons (Fsp3) is 0.235. The van der Waals surface area contributed by atoms with Crippen molar-refractivity contribution in [3.8, 4) is 11.8 Å². The molecule has 0 radical (unpaired) electrons. The smallest absolute Gasteiger partial charge is 0.120 e. The van der Waals surface area contributed by atoms with Crippen LogP contribution in [0.3, 0.4) is 0 Å². The summed E-state index contributed by atoms with van der Waals surface area (Å²) in [6.45, 7) is 0.706. The minimum absolute atomic E-state index is 0.0863. The summed E-state index contributed by atoms with van der Waals surface area (Å²) in [6.07, 6.45) is 0. The van der Waals surface area contributed by atoms with Crippen molar-refractivity contribution >= 4 is 11.8 Å². The lowest BCUT2D eigenvalue weighted by atomic mass is 10.2. The highest BCUT2D eigenvalue weighted by atomic mass is 32.2. The first-order valence-electron chi connectivity index (χ1n) is 6.71. The third kappa shape index (κ3) is 5.14. The van der Waals surface area contributed by atoms with Crippen LogP contribution in [0, 0.1) is 11.3 Å². The summed E-state index contributed by atoms with van der Waals surface area (Å²) in [6, 6.07) is 17.3. The van der Waals surface area contributed by atoms with E-state index in [4.69, 9.17) is 15.1 Å². The van der Waals surface area contributed by atoms with Gasteiger partial charge in [-0.05, 0) is 29.3 Å². The molecule has 1 N–H and O–H groups in total. The van der Waals surface area contributed by atoms with Gasteiger partial charge >= 0.3 is 0 Å². The summed E-state index contributed by atoms with van der Waals surface area (Å²) in [5.41, 5.74) is 2.79. The van der Waals surface area contributed by atoms with Gasteiger partial charge in [0.2, 0.25) is 0 Å². The van der Waals surface area contributed by atoms with E-state index in [0.29, 0.717) is 12.2 Å². The molecular formula is C17H17NO2S. The van der Waals surface area contributed by atoms with Gasteiger partial charge in [-0.3, -0.25) is 0 Å². The van der Waals surface area contributed by atoms with Crippen LogP contribution in [-0.4, -0.2) is 17.5 Å². The van der Waals surface area contributed by atoms with Crippen LogP contribution in [0.2, 0.25) is 0 Å². The van der Waals surface area contributed by atoms with Crippen molar-refractivity contribution in [2.45, 2.75) is 12.4 Å². The number of aliphatic hydroxyl groups excluding tert-OH is 1. The van der Waals surface area contributed by atoms with E-state index < -0.39 is 0 Å². The van der Waals surface area contributed by atoms with Crippen molar-refractivity contribution in [2.24, 2.45) is 0 Å². The van der Waals surface area contributed by atoms with Crippen molar-refractivity contribution in [1.82, 2.24) is 0 Å². The maximum absolute atomic E-state index is 8.98. The SMILES string of the molecule is N#Cc1cccc(OCCSCc2ccc(CO)cc2)c1. The molecule has 2 rings (SSSR count). The molecule has 0 bridgehead atoms. The lowest BCUT2D eigenvalue weighted by Crippen LogP contribution is -2.00. The van der Waals surface area contributed by atoms with Crippen molar-refractivity contribution < 1.29 is 9.84 Å². The molecule has 0 spiro atoms. The Balaban J connectivity index is 1.68. The number of ether oxygens (including phenoxy) is 1. The molecule has 2 aromatic carbocycles. The van der Waals surface area contributed by atoms with E-state index in [1.807, 2.05) is 36.4 Å². The summed E-state index contributed by atoms with van der Waals surface area (Å²) in [5, 5.41) is 17.8. The minimum Gasteiger partial charge on any atom is -0.493 e. The van der Waals surface area contributed by atoms with Crippen molar-refractivity contribution in [3.05, 3.63) is 65.2 Å². The fourth-order valence-electron chi connectivity index (χ4n) is 1.80. The Hall–Kier alpha value is -1.96. The summed E-state index contributed by atoms with van der Waals surface area (Å²) >= 11 is 1.80. The first kappa shape index (κ1) is 15.4. The number of benzene rings is 2. The number of nitriles is 1. The Morgan fingerprint density at radius 3 is 2.57 bits per heavy atom. The summed E-state index contributed by atoms with van der Waals surface area (Å²) in [4.78, 5) is 0. The first-order valence-corrected chi connectivity index (χ1v) is 7.86. The van der Waals surface area contributed by atoms with E-state index in [0.717, 1.165) is 22.8 Å². The van der Waals surface area contributed by atoms with Crippen LogP contribution in [0.15, 0.2) is 48.5 Å². The lowest BCUT2D eigenvalue weighted by Gasteiger charge is -2.06. The minimum atomic E-state index is 0.0863. The van der Waals surface area contributed by atoms with E-state index in [-0.39, 0.29) is 6.61 Å². The maximum Gasteiger partial charge on any atom is 0.120 e. The zero-order valence-corrected chi connectivity index (χ0v) is 12.5. The number of thioether (sulfide) groups is 1. The standard InChI is InChI=1S/C17H17NO2S/c18-11-16-2-1-3-17(10-16)20-8-9-21-13-15-6-4-14(12-19)5-7-15/h1-7,10,19H,8-9,12-13H2. The third-order valence-electron chi connectivity index (χ3n) is 2.93. The van der Waals surface area contributed by atoms with Gasteiger partial charge < -0.3 is 9.84 Å². The Labute approximate surface area is 129 Å². The van der Waals surface area contributed by atoms with Crippen LogP contribution in [0.25, 0.3) is 0 Å². The fourth-order valence-corrected chi connectivity index (χ4v) is 2.58. The molecule has 0 aliphatic rings. The molecule has 3 nitrogen and oxygen atoms in total. The number of hydrogen-bond acceptors (Lipinski definition) is 4. The molecule has 0 aliphatic heterocycles. The predicted molar refractivity (Wildman–Crippen MR) is 85.2 cm³/mol. The van der Waals surface area contributed by atoms with Gasteiger partial charge in [0.15, 0.2) is 0 Å². The van der Waals surface area contributed by atoms with Gasteiger partial charge in [-0.25, -0.2) is 0 Å². The molecule has 108 valence electrons. The quantitative estimate of drug-likeness (QED) is 0.797. The van der Waals surface area contributed by atoms with Crippen LogP contribution in [0.4, 0.5) is 0 Å². The lowest BCUT2D eigenvalue weighted by molar-refractivity contribution is 0.282. The van der Waals surface area contributed by atoms with E-state index >= 15 is 0 Å². The first-order chi connectivity index (χ1) is 10.3. The van der Waals surface area contributed by atoms with Gasteiger partial charge in [0, 0.05) is 11.5 Å². The zero-order valence-electron chi connectivity index (χ0n) is 11.7. The van der Waals surface area contributed by atoms with Crippen LogP contribution >= 0.6 is 11.8 Å². The zero-order chi connectivity index (χ0) is 14.9. The average molecular weight is 299 g/mol. The second kappa shape index (κ2) is 8.35. The van der Waals surface area contributed by atoms with E-state index in [2.05, 4.69) is 6.07 Å². The predicted octanol–water partition coefficient (Wildman–Crippen LogP) is 3.36. The molecule has 0 unspecified atom stereocenters. The summed E-state index contributed by atoms with van der Waals surface area (Å²) in [5.74, 6) is 2.55. The topological polar surface area (TPSA) is 53.2 Å². The number of hydrogen-bond donors (Lipinski definition) is 1. The Bertz CT molecular complexity index is 605. The van der Waals surface area contributed by atoms with Crippen LogP contribution in [-0.2, 0) is 12.4 Å². The highest BCUT2D eigenvalue weighted by Gasteiger charge is 1.98. The monoisotopic (exact) mass is 299 g/mol. The van der Waals surface area contributed by atoms with Crippen molar-refractivity contribution in [3.63, 3.8) is 0 Å². The van der Waals surface area contributed by atoms with Crippen LogP contribution < -0.4 is 4.74 Å².